The molecule has 1 nitrogen and oxygen atoms in total. The van der Waals surface area contributed by atoms with Gasteiger partial charge in [-0.2, -0.15) is 0 Å². The normalized spacial score (nSPS) is 22.3. The van der Waals surface area contributed by atoms with Gasteiger partial charge in [0.2, 0.25) is 0 Å². The number of hydrogen-bond donors (Lipinski definition) is 0. The van der Waals surface area contributed by atoms with Crippen molar-refractivity contribution in [2.45, 2.75) is 25.8 Å². The summed E-state index contributed by atoms with van der Waals surface area (Å²) in [6, 6.07) is 8.80. The molecule has 1 saturated heterocycles. The van der Waals surface area contributed by atoms with E-state index in [2.05, 4.69) is 24.0 Å². The molecule has 1 fully saturated rings. The average molecular weight is 196 g/mol. The number of halogens is 1. The molecule has 1 aliphatic heterocycles. The Hall–Kier alpha value is -0.690. The van der Waals surface area contributed by atoms with Gasteiger partial charge in [-0.15, -0.1) is 0 Å². The minimum Gasteiger partial charge on any atom is -0.369 e. The molecule has 0 radical (unpaired) electrons. The molecule has 0 unspecified atom stereocenters. The van der Waals surface area contributed by atoms with Crippen LogP contribution in [0.4, 0.5) is 5.69 Å². The molecule has 0 spiro atoms. The highest BCUT2D eigenvalue weighted by Crippen LogP contribution is 2.26. The van der Waals surface area contributed by atoms with E-state index in [1.54, 1.807) is 0 Å². The highest BCUT2D eigenvalue weighted by molar-refractivity contribution is 6.30. The van der Waals surface area contributed by atoms with Crippen molar-refractivity contribution in [3.05, 3.63) is 29.3 Å². The Balaban J connectivity index is 2.20. The third-order valence-electron chi connectivity index (χ3n) is 2.71. The maximum Gasteiger partial charge on any atom is 0.0407 e. The Bertz CT molecular complexity index is 281. The molecule has 0 amide bonds. The monoisotopic (exact) mass is 195 g/mol. The van der Waals surface area contributed by atoms with Crippen LogP contribution >= 0.6 is 11.6 Å². The molecule has 0 N–H and O–H groups in total. The van der Waals surface area contributed by atoms with Gasteiger partial charge >= 0.3 is 0 Å². The zero-order chi connectivity index (χ0) is 9.26. The van der Waals surface area contributed by atoms with E-state index in [-0.39, 0.29) is 0 Å². The van der Waals surface area contributed by atoms with E-state index in [1.165, 1.54) is 25.1 Å². The number of anilines is 1. The van der Waals surface area contributed by atoms with E-state index in [1.807, 2.05) is 12.1 Å². The van der Waals surface area contributed by atoms with Crippen molar-refractivity contribution in [1.82, 2.24) is 0 Å². The summed E-state index contributed by atoms with van der Waals surface area (Å²) in [6.07, 6.45) is 2.62. The Labute approximate surface area is 84.3 Å². The van der Waals surface area contributed by atoms with Crippen molar-refractivity contribution in [2.24, 2.45) is 0 Å². The summed E-state index contributed by atoms with van der Waals surface area (Å²) in [5.41, 5.74) is 1.30. The highest BCUT2D eigenvalue weighted by Gasteiger charge is 2.19. The van der Waals surface area contributed by atoms with Gasteiger partial charge in [0, 0.05) is 23.3 Å². The lowest BCUT2D eigenvalue weighted by Gasteiger charge is -2.23. The number of nitrogens with zero attached hydrogens (tertiary/aromatic N) is 1. The summed E-state index contributed by atoms with van der Waals surface area (Å²) >= 11 is 5.84. The fraction of sp³-hybridized carbons (Fsp3) is 0.455. The van der Waals surface area contributed by atoms with Crippen LogP contribution in [-0.2, 0) is 0 Å². The molecule has 13 heavy (non-hydrogen) atoms. The summed E-state index contributed by atoms with van der Waals surface area (Å²) in [6.45, 7) is 3.46. The Morgan fingerprint density at radius 1 is 1.31 bits per heavy atom. The van der Waals surface area contributed by atoms with Gasteiger partial charge in [-0.1, -0.05) is 11.6 Å². The zero-order valence-corrected chi connectivity index (χ0v) is 8.59. The van der Waals surface area contributed by atoms with Crippen molar-refractivity contribution in [1.29, 1.82) is 0 Å². The first-order valence-electron chi connectivity index (χ1n) is 4.79. The van der Waals surface area contributed by atoms with Crippen LogP contribution < -0.4 is 4.90 Å². The molecule has 0 bridgehead atoms. The number of benzene rings is 1. The molecule has 1 aromatic carbocycles. The van der Waals surface area contributed by atoms with E-state index < -0.39 is 0 Å². The summed E-state index contributed by atoms with van der Waals surface area (Å²) in [7, 11) is 0. The van der Waals surface area contributed by atoms with Crippen molar-refractivity contribution >= 4 is 17.3 Å². The molecular formula is C11H14ClN. The van der Waals surface area contributed by atoms with Crippen LogP contribution in [0, 0.1) is 0 Å². The van der Waals surface area contributed by atoms with Crippen LogP contribution in [0.3, 0.4) is 0 Å². The van der Waals surface area contributed by atoms with Crippen molar-refractivity contribution in [3.63, 3.8) is 0 Å². The summed E-state index contributed by atoms with van der Waals surface area (Å²) < 4.78 is 0. The molecule has 0 aliphatic carbocycles. The second kappa shape index (κ2) is 3.59. The standard InChI is InChI=1S/C11H14ClN/c1-9-3-2-8-13(9)11-6-4-10(12)5-7-11/h4-7,9H,2-3,8H2,1H3/t9-/m0/s1. The van der Waals surface area contributed by atoms with Gasteiger partial charge in [0.25, 0.3) is 0 Å². The van der Waals surface area contributed by atoms with Gasteiger partial charge in [0.05, 0.1) is 0 Å². The van der Waals surface area contributed by atoms with Crippen LogP contribution in [0.1, 0.15) is 19.8 Å². The maximum atomic E-state index is 5.84. The van der Waals surface area contributed by atoms with Crippen LogP contribution in [0.15, 0.2) is 24.3 Å². The number of rotatable bonds is 1. The van der Waals surface area contributed by atoms with Crippen LogP contribution in [0.25, 0.3) is 0 Å². The molecule has 70 valence electrons. The SMILES string of the molecule is C[C@H]1CCCN1c1ccc(Cl)cc1. The van der Waals surface area contributed by atoms with E-state index in [0.717, 1.165) is 5.02 Å². The lowest BCUT2D eigenvalue weighted by Crippen LogP contribution is -2.25. The molecule has 0 aromatic heterocycles. The predicted molar refractivity (Wildman–Crippen MR) is 57.5 cm³/mol. The van der Waals surface area contributed by atoms with Crippen LogP contribution in [0.2, 0.25) is 5.02 Å². The van der Waals surface area contributed by atoms with Crippen molar-refractivity contribution in [2.75, 3.05) is 11.4 Å². The molecule has 1 aliphatic rings. The van der Waals surface area contributed by atoms with Crippen LogP contribution in [-0.4, -0.2) is 12.6 Å². The third kappa shape index (κ3) is 1.80. The van der Waals surface area contributed by atoms with Gasteiger partial charge in [-0.25, -0.2) is 0 Å². The molecular weight excluding hydrogens is 182 g/mol. The second-order valence-corrected chi connectivity index (χ2v) is 4.10. The lowest BCUT2D eigenvalue weighted by atomic mass is 10.2. The van der Waals surface area contributed by atoms with Gasteiger partial charge < -0.3 is 4.90 Å². The Morgan fingerprint density at radius 3 is 2.54 bits per heavy atom. The predicted octanol–water partition coefficient (Wildman–Crippen LogP) is 3.33. The summed E-state index contributed by atoms with van der Waals surface area (Å²) in [5.74, 6) is 0. The first-order chi connectivity index (χ1) is 6.27. The molecule has 1 heterocycles. The quantitative estimate of drug-likeness (QED) is 0.665. The Kier molecular flexibility index (Phi) is 2.45. The van der Waals surface area contributed by atoms with Crippen LogP contribution in [0.5, 0.6) is 0 Å². The zero-order valence-electron chi connectivity index (χ0n) is 7.83. The van der Waals surface area contributed by atoms with Crippen molar-refractivity contribution in [3.8, 4) is 0 Å². The minimum atomic E-state index is 0.682. The largest absolute Gasteiger partial charge is 0.369 e. The molecule has 2 heteroatoms. The van der Waals surface area contributed by atoms with Gasteiger partial charge in [0.1, 0.15) is 0 Å². The first kappa shape index (κ1) is 8.89. The highest BCUT2D eigenvalue weighted by atomic mass is 35.5. The van der Waals surface area contributed by atoms with E-state index in [0.29, 0.717) is 6.04 Å². The molecule has 1 atom stereocenters. The van der Waals surface area contributed by atoms with E-state index in [4.69, 9.17) is 11.6 Å². The third-order valence-corrected chi connectivity index (χ3v) is 2.96. The van der Waals surface area contributed by atoms with Crippen molar-refractivity contribution < 1.29 is 0 Å². The summed E-state index contributed by atoms with van der Waals surface area (Å²) in [4.78, 5) is 2.44. The average Bonchev–Trinajstić information content (AvgIpc) is 2.53. The fourth-order valence-electron chi connectivity index (χ4n) is 1.95. The van der Waals surface area contributed by atoms with E-state index >= 15 is 0 Å². The van der Waals surface area contributed by atoms with Gasteiger partial charge in [-0.3, -0.25) is 0 Å². The minimum absolute atomic E-state index is 0.682. The molecule has 1 aromatic rings. The molecule has 2 rings (SSSR count). The number of hydrogen-bond acceptors (Lipinski definition) is 1. The van der Waals surface area contributed by atoms with Gasteiger partial charge in [-0.05, 0) is 44.0 Å². The maximum absolute atomic E-state index is 5.84. The first-order valence-corrected chi connectivity index (χ1v) is 5.17. The Morgan fingerprint density at radius 2 is 2.00 bits per heavy atom. The summed E-state index contributed by atoms with van der Waals surface area (Å²) in [5, 5.41) is 0.815. The molecule has 0 saturated carbocycles. The van der Waals surface area contributed by atoms with Gasteiger partial charge in [0.15, 0.2) is 0 Å². The fourth-order valence-corrected chi connectivity index (χ4v) is 2.08. The second-order valence-electron chi connectivity index (χ2n) is 3.66. The lowest BCUT2D eigenvalue weighted by molar-refractivity contribution is 0.735. The topological polar surface area (TPSA) is 3.24 Å². The smallest absolute Gasteiger partial charge is 0.0407 e. The van der Waals surface area contributed by atoms with E-state index in [9.17, 15) is 0 Å².